The van der Waals surface area contributed by atoms with E-state index in [1.54, 1.807) is 0 Å². The number of esters is 1. The number of benzene rings is 1. The highest BCUT2D eigenvalue weighted by atomic mass is 16.5. The van der Waals surface area contributed by atoms with Crippen molar-refractivity contribution < 1.29 is 14.3 Å². The molecule has 1 saturated heterocycles. The Morgan fingerprint density at radius 1 is 1.05 bits per heavy atom. The summed E-state index contributed by atoms with van der Waals surface area (Å²) in [5.74, 6) is -0.468. The predicted octanol–water partition coefficient (Wildman–Crippen LogP) is 3.44. The SMILES string of the molecule is C[C@H]1C(=O)C2(CCCCC2)C(=O)O[C@@H]1c1ccccc1. The third-order valence-corrected chi connectivity index (χ3v) is 4.80. The van der Waals surface area contributed by atoms with Crippen LogP contribution in [0.1, 0.15) is 50.7 Å². The molecule has 106 valence electrons. The zero-order valence-corrected chi connectivity index (χ0v) is 11.8. The van der Waals surface area contributed by atoms with Crippen LogP contribution < -0.4 is 0 Å². The number of ketones is 1. The third-order valence-electron chi connectivity index (χ3n) is 4.80. The van der Waals surface area contributed by atoms with Crippen LogP contribution in [0.25, 0.3) is 0 Å². The van der Waals surface area contributed by atoms with Crippen molar-refractivity contribution in [1.29, 1.82) is 0 Å². The molecule has 2 fully saturated rings. The average molecular weight is 272 g/mol. The first-order valence-electron chi connectivity index (χ1n) is 7.45. The van der Waals surface area contributed by atoms with E-state index in [4.69, 9.17) is 4.74 Å². The normalized spacial score (nSPS) is 29.2. The van der Waals surface area contributed by atoms with Gasteiger partial charge < -0.3 is 4.74 Å². The minimum absolute atomic E-state index is 0.0855. The highest BCUT2D eigenvalue weighted by Crippen LogP contribution is 2.47. The summed E-state index contributed by atoms with van der Waals surface area (Å²) in [7, 11) is 0. The lowest BCUT2D eigenvalue weighted by Crippen LogP contribution is -2.51. The van der Waals surface area contributed by atoms with Crippen molar-refractivity contribution in [2.75, 3.05) is 0 Å². The van der Waals surface area contributed by atoms with Crippen LogP contribution in [0.5, 0.6) is 0 Å². The molecule has 0 aromatic heterocycles. The van der Waals surface area contributed by atoms with Gasteiger partial charge >= 0.3 is 5.97 Å². The zero-order chi connectivity index (χ0) is 14.2. The largest absolute Gasteiger partial charge is 0.456 e. The number of rotatable bonds is 1. The summed E-state index contributed by atoms with van der Waals surface area (Å²) in [6, 6.07) is 9.57. The van der Waals surface area contributed by atoms with Gasteiger partial charge in [0.1, 0.15) is 11.5 Å². The maximum absolute atomic E-state index is 12.8. The summed E-state index contributed by atoms with van der Waals surface area (Å²) in [6.07, 6.45) is 3.91. The van der Waals surface area contributed by atoms with Gasteiger partial charge in [0.15, 0.2) is 5.78 Å². The molecule has 0 amide bonds. The van der Waals surface area contributed by atoms with Crippen LogP contribution in [0.15, 0.2) is 30.3 Å². The molecule has 1 saturated carbocycles. The standard InChI is InChI=1S/C17H20O3/c1-12-14(13-8-4-2-5-9-13)20-16(19)17(15(12)18)10-6-3-7-11-17/h2,4-5,8-9,12,14H,3,6-7,10-11H2,1H3/t12-,14+/m1/s1. The fourth-order valence-electron chi connectivity index (χ4n) is 3.61. The number of hydrogen-bond acceptors (Lipinski definition) is 3. The monoisotopic (exact) mass is 272 g/mol. The van der Waals surface area contributed by atoms with Gasteiger partial charge in [-0.25, -0.2) is 0 Å². The smallest absolute Gasteiger partial charge is 0.320 e. The first kappa shape index (κ1) is 13.3. The van der Waals surface area contributed by atoms with Crippen molar-refractivity contribution in [2.24, 2.45) is 11.3 Å². The maximum atomic E-state index is 12.8. The molecule has 0 radical (unpaired) electrons. The number of Topliss-reactive ketones (excluding diaryl/α,β-unsaturated/α-hetero) is 1. The van der Waals surface area contributed by atoms with E-state index in [2.05, 4.69) is 0 Å². The molecule has 1 spiro atoms. The molecule has 1 aromatic carbocycles. The summed E-state index contributed by atoms with van der Waals surface area (Å²) in [5, 5.41) is 0. The Balaban J connectivity index is 1.91. The summed E-state index contributed by atoms with van der Waals surface area (Å²) in [5.41, 5.74) is 0.0653. The van der Waals surface area contributed by atoms with Gasteiger partial charge in [-0.1, -0.05) is 56.5 Å². The van der Waals surface area contributed by atoms with Crippen LogP contribution in [-0.2, 0) is 14.3 Å². The Bertz CT molecular complexity index is 514. The molecule has 1 aliphatic carbocycles. The van der Waals surface area contributed by atoms with Crippen LogP contribution in [0.2, 0.25) is 0 Å². The summed E-state index contributed by atoms with van der Waals surface area (Å²) >= 11 is 0. The topological polar surface area (TPSA) is 43.4 Å². The molecular formula is C17H20O3. The quantitative estimate of drug-likeness (QED) is 0.581. The molecule has 0 N–H and O–H groups in total. The fraction of sp³-hybridized carbons (Fsp3) is 0.529. The average Bonchev–Trinajstić information content (AvgIpc) is 2.51. The summed E-state index contributed by atoms with van der Waals surface area (Å²) < 4.78 is 5.69. The Morgan fingerprint density at radius 2 is 1.70 bits per heavy atom. The van der Waals surface area contributed by atoms with E-state index < -0.39 is 11.5 Å². The van der Waals surface area contributed by atoms with Crippen molar-refractivity contribution in [2.45, 2.75) is 45.1 Å². The van der Waals surface area contributed by atoms with Gasteiger partial charge in [0.2, 0.25) is 0 Å². The molecule has 0 unspecified atom stereocenters. The molecular weight excluding hydrogens is 252 g/mol. The number of hydrogen-bond donors (Lipinski definition) is 0. The highest BCUT2D eigenvalue weighted by molar-refractivity contribution is 6.06. The molecule has 0 bridgehead atoms. The van der Waals surface area contributed by atoms with Crippen molar-refractivity contribution in [3.63, 3.8) is 0 Å². The van der Waals surface area contributed by atoms with Crippen molar-refractivity contribution in [1.82, 2.24) is 0 Å². The lowest BCUT2D eigenvalue weighted by molar-refractivity contribution is -0.183. The van der Waals surface area contributed by atoms with Gasteiger partial charge in [-0.2, -0.15) is 0 Å². The predicted molar refractivity (Wildman–Crippen MR) is 75.0 cm³/mol. The molecule has 3 heteroatoms. The van der Waals surface area contributed by atoms with E-state index >= 15 is 0 Å². The second-order valence-electron chi connectivity index (χ2n) is 6.03. The molecule has 20 heavy (non-hydrogen) atoms. The zero-order valence-electron chi connectivity index (χ0n) is 11.8. The minimum Gasteiger partial charge on any atom is -0.456 e. The Hall–Kier alpha value is -1.64. The number of carbonyl (C=O) groups excluding carboxylic acids is 2. The lowest BCUT2D eigenvalue weighted by atomic mass is 9.65. The van der Waals surface area contributed by atoms with Crippen molar-refractivity contribution in [3.05, 3.63) is 35.9 Å². The van der Waals surface area contributed by atoms with Crippen molar-refractivity contribution in [3.8, 4) is 0 Å². The van der Waals surface area contributed by atoms with Gasteiger partial charge in [-0.3, -0.25) is 9.59 Å². The highest BCUT2D eigenvalue weighted by Gasteiger charge is 2.55. The minimum atomic E-state index is -0.844. The Kier molecular flexibility index (Phi) is 3.36. The maximum Gasteiger partial charge on any atom is 0.320 e. The van der Waals surface area contributed by atoms with Gasteiger partial charge in [0.05, 0.1) is 5.92 Å². The second-order valence-corrected chi connectivity index (χ2v) is 6.03. The van der Waals surface area contributed by atoms with E-state index in [0.29, 0.717) is 12.8 Å². The molecule has 1 heterocycles. The fourth-order valence-corrected chi connectivity index (χ4v) is 3.61. The van der Waals surface area contributed by atoms with E-state index in [0.717, 1.165) is 24.8 Å². The lowest BCUT2D eigenvalue weighted by Gasteiger charge is -2.42. The van der Waals surface area contributed by atoms with E-state index in [9.17, 15) is 9.59 Å². The molecule has 1 aromatic rings. The van der Waals surface area contributed by atoms with Crippen LogP contribution in [0.4, 0.5) is 0 Å². The van der Waals surface area contributed by atoms with Gasteiger partial charge in [0, 0.05) is 0 Å². The van der Waals surface area contributed by atoms with Crippen LogP contribution in [0.3, 0.4) is 0 Å². The molecule has 3 nitrogen and oxygen atoms in total. The van der Waals surface area contributed by atoms with E-state index in [1.165, 1.54) is 0 Å². The van der Waals surface area contributed by atoms with Gasteiger partial charge in [-0.05, 0) is 18.4 Å². The number of cyclic esters (lactones) is 1. The number of carbonyl (C=O) groups is 2. The summed E-state index contributed by atoms with van der Waals surface area (Å²) in [6.45, 7) is 1.89. The second kappa shape index (κ2) is 5.04. The van der Waals surface area contributed by atoms with Crippen LogP contribution in [0, 0.1) is 11.3 Å². The first-order valence-corrected chi connectivity index (χ1v) is 7.45. The van der Waals surface area contributed by atoms with Crippen LogP contribution >= 0.6 is 0 Å². The molecule has 2 atom stereocenters. The van der Waals surface area contributed by atoms with Crippen molar-refractivity contribution >= 4 is 11.8 Å². The third kappa shape index (κ3) is 1.96. The Morgan fingerprint density at radius 3 is 2.35 bits per heavy atom. The molecule has 3 rings (SSSR count). The first-order chi connectivity index (χ1) is 9.65. The van der Waals surface area contributed by atoms with E-state index in [1.807, 2.05) is 37.3 Å². The Labute approximate surface area is 119 Å². The molecule has 2 aliphatic rings. The van der Waals surface area contributed by atoms with E-state index in [-0.39, 0.29) is 17.7 Å². The van der Waals surface area contributed by atoms with Gasteiger partial charge in [-0.15, -0.1) is 0 Å². The van der Waals surface area contributed by atoms with Crippen LogP contribution in [-0.4, -0.2) is 11.8 Å². The number of ether oxygens (including phenoxy) is 1. The summed E-state index contributed by atoms with van der Waals surface area (Å²) in [4.78, 5) is 25.3. The molecule has 1 aliphatic heterocycles. The van der Waals surface area contributed by atoms with Gasteiger partial charge in [0.25, 0.3) is 0 Å².